The molecule has 5 heteroatoms. The first kappa shape index (κ1) is 12.9. The lowest BCUT2D eigenvalue weighted by molar-refractivity contribution is 0.0102. The average Bonchev–Trinajstić information content (AvgIpc) is 2.46. The molecule has 1 atom stereocenters. The van der Waals surface area contributed by atoms with Crippen molar-refractivity contribution in [3.63, 3.8) is 0 Å². The highest BCUT2D eigenvalue weighted by molar-refractivity contribution is 5.67. The summed E-state index contributed by atoms with van der Waals surface area (Å²) in [7, 11) is 1.62. The highest BCUT2D eigenvalue weighted by atomic mass is 16.6. The van der Waals surface area contributed by atoms with Gasteiger partial charge in [0, 0.05) is 20.2 Å². The van der Waals surface area contributed by atoms with E-state index in [0.29, 0.717) is 19.7 Å². The van der Waals surface area contributed by atoms with E-state index in [1.54, 1.807) is 12.0 Å². The van der Waals surface area contributed by atoms with Crippen LogP contribution in [0.4, 0.5) is 4.79 Å². The maximum Gasteiger partial charge on any atom is 0.410 e. The summed E-state index contributed by atoms with van der Waals surface area (Å²) >= 11 is 0. The van der Waals surface area contributed by atoms with Crippen LogP contribution in [-0.4, -0.2) is 44.0 Å². The molecule has 0 aliphatic carbocycles. The molecule has 1 amide bonds. The lowest BCUT2D eigenvalue weighted by Crippen LogP contribution is -2.53. The Morgan fingerprint density at radius 1 is 1.44 bits per heavy atom. The molecular weight excluding hydrogens is 232 g/mol. The molecule has 1 aliphatic rings. The summed E-state index contributed by atoms with van der Waals surface area (Å²) in [5.74, 6) is 0. The molecule has 1 heterocycles. The smallest absolute Gasteiger partial charge is 0.410 e. The van der Waals surface area contributed by atoms with Crippen LogP contribution < -0.4 is 5.32 Å². The second-order valence-electron chi connectivity index (χ2n) is 4.16. The number of ether oxygens (including phenoxy) is 2. The number of benzene rings is 1. The van der Waals surface area contributed by atoms with Gasteiger partial charge in [-0.15, -0.1) is 0 Å². The molecule has 1 aromatic rings. The first-order valence-corrected chi connectivity index (χ1v) is 6.01. The van der Waals surface area contributed by atoms with E-state index in [1.165, 1.54) is 0 Å². The molecule has 5 nitrogen and oxygen atoms in total. The fraction of sp³-hybridized carbons (Fsp3) is 0.462. The molecule has 0 spiro atoms. The van der Waals surface area contributed by atoms with Crippen molar-refractivity contribution in [2.45, 2.75) is 12.8 Å². The standard InChI is InChI=1S/C13H18N2O3/c1-17-12-9-15(8-7-14-12)13(16)18-10-11-5-3-2-4-6-11/h2-6,12,14H,7-10H2,1H3. The largest absolute Gasteiger partial charge is 0.445 e. The molecule has 0 bridgehead atoms. The van der Waals surface area contributed by atoms with Gasteiger partial charge in [-0.2, -0.15) is 0 Å². The van der Waals surface area contributed by atoms with E-state index in [-0.39, 0.29) is 12.3 Å². The van der Waals surface area contributed by atoms with Gasteiger partial charge in [0.2, 0.25) is 0 Å². The molecule has 1 unspecified atom stereocenters. The minimum Gasteiger partial charge on any atom is -0.445 e. The van der Waals surface area contributed by atoms with Crippen LogP contribution in [0.5, 0.6) is 0 Å². The Kier molecular flexibility index (Phi) is 4.55. The number of hydrogen-bond donors (Lipinski definition) is 1. The third-order valence-electron chi connectivity index (χ3n) is 2.89. The maximum absolute atomic E-state index is 11.9. The molecule has 2 rings (SSSR count). The van der Waals surface area contributed by atoms with Gasteiger partial charge in [-0.25, -0.2) is 4.79 Å². The van der Waals surface area contributed by atoms with Crippen molar-refractivity contribution in [1.82, 2.24) is 10.2 Å². The van der Waals surface area contributed by atoms with Gasteiger partial charge in [0.05, 0.1) is 6.54 Å². The van der Waals surface area contributed by atoms with Crippen molar-refractivity contribution < 1.29 is 14.3 Å². The second kappa shape index (κ2) is 6.37. The zero-order chi connectivity index (χ0) is 12.8. The number of methoxy groups -OCH3 is 1. The SMILES string of the molecule is COC1CN(C(=O)OCc2ccccc2)CCN1. The van der Waals surface area contributed by atoms with Crippen LogP contribution >= 0.6 is 0 Å². The summed E-state index contributed by atoms with van der Waals surface area (Å²) in [5, 5.41) is 3.16. The molecule has 0 aromatic heterocycles. The number of amides is 1. The van der Waals surface area contributed by atoms with E-state index >= 15 is 0 Å². The topological polar surface area (TPSA) is 50.8 Å². The van der Waals surface area contributed by atoms with Gasteiger partial charge in [-0.1, -0.05) is 30.3 Å². The second-order valence-corrected chi connectivity index (χ2v) is 4.16. The van der Waals surface area contributed by atoms with Crippen molar-refractivity contribution in [2.75, 3.05) is 26.7 Å². The van der Waals surface area contributed by atoms with Crippen LogP contribution in [0.25, 0.3) is 0 Å². The Morgan fingerprint density at radius 3 is 2.94 bits per heavy atom. The molecule has 1 aromatic carbocycles. The number of carbonyl (C=O) groups is 1. The zero-order valence-electron chi connectivity index (χ0n) is 10.5. The third kappa shape index (κ3) is 3.45. The summed E-state index contributed by atoms with van der Waals surface area (Å²) in [6.45, 7) is 2.19. The van der Waals surface area contributed by atoms with Gasteiger partial charge in [0.1, 0.15) is 12.8 Å². The minimum absolute atomic E-state index is 0.108. The third-order valence-corrected chi connectivity index (χ3v) is 2.89. The Balaban J connectivity index is 1.81. The van der Waals surface area contributed by atoms with Crippen molar-refractivity contribution in [2.24, 2.45) is 0 Å². The Labute approximate surface area is 107 Å². The van der Waals surface area contributed by atoms with E-state index < -0.39 is 0 Å². The van der Waals surface area contributed by atoms with Gasteiger partial charge in [-0.3, -0.25) is 5.32 Å². The molecule has 1 aliphatic heterocycles. The van der Waals surface area contributed by atoms with Crippen LogP contribution in [0.2, 0.25) is 0 Å². The predicted octanol–water partition coefficient (Wildman–Crippen LogP) is 1.20. The van der Waals surface area contributed by atoms with E-state index in [2.05, 4.69) is 5.32 Å². The van der Waals surface area contributed by atoms with Gasteiger partial charge in [0.25, 0.3) is 0 Å². The minimum atomic E-state index is -0.289. The zero-order valence-corrected chi connectivity index (χ0v) is 10.5. The summed E-state index contributed by atoms with van der Waals surface area (Å²) in [6, 6.07) is 9.65. The molecule has 0 radical (unpaired) electrons. The molecular formula is C13H18N2O3. The number of nitrogens with zero attached hydrogens (tertiary/aromatic N) is 1. The normalized spacial score (nSPS) is 19.6. The molecule has 98 valence electrons. The number of nitrogens with one attached hydrogen (secondary N) is 1. The summed E-state index contributed by atoms with van der Waals surface area (Å²) in [4.78, 5) is 13.5. The van der Waals surface area contributed by atoms with E-state index in [0.717, 1.165) is 12.1 Å². The van der Waals surface area contributed by atoms with Crippen molar-refractivity contribution in [3.05, 3.63) is 35.9 Å². The monoisotopic (exact) mass is 250 g/mol. The number of carbonyl (C=O) groups excluding carboxylic acids is 1. The number of rotatable bonds is 3. The highest BCUT2D eigenvalue weighted by Gasteiger charge is 2.23. The van der Waals surface area contributed by atoms with Crippen LogP contribution in [0.1, 0.15) is 5.56 Å². The molecule has 1 fully saturated rings. The van der Waals surface area contributed by atoms with Gasteiger partial charge in [0.15, 0.2) is 0 Å². The fourth-order valence-electron chi connectivity index (χ4n) is 1.85. The van der Waals surface area contributed by atoms with Gasteiger partial charge < -0.3 is 14.4 Å². The van der Waals surface area contributed by atoms with Gasteiger partial charge in [-0.05, 0) is 5.56 Å². The first-order chi connectivity index (χ1) is 8.79. The molecule has 0 saturated carbocycles. The number of piperazine rings is 1. The summed E-state index contributed by atoms with van der Waals surface area (Å²) in [5.41, 5.74) is 0.990. The maximum atomic E-state index is 11.9. The van der Waals surface area contributed by atoms with Crippen LogP contribution in [0.3, 0.4) is 0 Å². The van der Waals surface area contributed by atoms with Crippen LogP contribution in [0.15, 0.2) is 30.3 Å². The van der Waals surface area contributed by atoms with Crippen molar-refractivity contribution in [3.8, 4) is 0 Å². The van der Waals surface area contributed by atoms with Crippen molar-refractivity contribution >= 4 is 6.09 Å². The molecule has 1 saturated heterocycles. The Morgan fingerprint density at radius 2 is 2.22 bits per heavy atom. The summed E-state index contributed by atoms with van der Waals surface area (Å²) in [6.07, 6.45) is -0.398. The van der Waals surface area contributed by atoms with E-state index in [9.17, 15) is 4.79 Å². The Bertz CT molecular complexity index is 383. The highest BCUT2D eigenvalue weighted by Crippen LogP contribution is 2.06. The first-order valence-electron chi connectivity index (χ1n) is 6.01. The summed E-state index contributed by atoms with van der Waals surface area (Å²) < 4.78 is 10.4. The Hall–Kier alpha value is -1.59. The molecule has 1 N–H and O–H groups in total. The van der Waals surface area contributed by atoms with E-state index in [1.807, 2.05) is 30.3 Å². The molecule has 18 heavy (non-hydrogen) atoms. The quantitative estimate of drug-likeness (QED) is 0.876. The fourth-order valence-corrected chi connectivity index (χ4v) is 1.85. The van der Waals surface area contributed by atoms with Crippen LogP contribution in [0, 0.1) is 0 Å². The lowest BCUT2D eigenvalue weighted by Gasteiger charge is -2.31. The van der Waals surface area contributed by atoms with Crippen molar-refractivity contribution in [1.29, 1.82) is 0 Å². The van der Waals surface area contributed by atoms with E-state index in [4.69, 9.17) is 9.47 Å². The average molecular weight is 250 g/mol. The lowest BCUT2D eigenvalue weighted by atomic mass is 10.2. The van der Waals surface area contributed by atoms with Gasteiger partial charge >= 0.3 is 6.09 Å². The van der Waals surface area contributed by atoms with Crippen LogP contribution in [-0.2, 0) is 16.1 Å². The predicted molar refractivity (Wildman–Crippen MR) is 67.0 cm³/mol. The number of hydrogen-bond acceptors (Lipinski definition) is 4.